The van der Waals surface area contributed by atoms with Crippen molar-refractivity contribution in [2.75, 3.05) is 12.8 Å². The molecule has 1 aromatic rings. The van der Waals surface area contributed by atoms with Crippen LogP contribution in [0.4, 0.5) is 0 Å². The molecule has 7 heteroatoms. The summed E-state index contributed by atoms with van der Waals surface area (Å²) in [6.45, 7) is 4.46. The molecule has 1 aromatic carbocycles. The molecule has 5 nitrogen and oxygen atoms in total. The van der Waals surface area contributed by atoms with Crippen LogP contribution in [0.1, 0.15) is 11.1 Å². The van der Waals surface area contributed by atoms with Gasteiger partial charge in [-0.25, -0.2) is 13.4 Å². The molecule has 0 heterocycles. The lowest BCUT2D eigenvalue weighted by molar-refractivity contribution is 0.601. The van der Waals surface area contributed by atoms with Crippen LogP contribution >= 0.6 is 24.0 Å². The maximum atomic E-state index is 11.3. The highest BCUT2D eigenvalue weighted by Crippen LogP contribution is 2.13. The molecule has 0 fully saturated rings. The van der Waals surface area contributed by atoms with Gasteiger partial charge in [0.2, 0.25) is 0 Å². The Labute approximate surface area is 137 Å². The molecule has 112 valence electrons. The van der Waals surface area contributed by atoms with Gasteiger partial charge < -0.3 is 11.1 Å². The van der Waals surface area contributed by atoms with Gasteiger partial charge in [-0.05, 0) is 11.1 Å². The average Bonchev–Trinajstić information content (AvgIpc) is 2.33. The number of nitrogens with two attached hydrogens (primary N) is 1. The van der Waals surface area contributed by atoms with Gasteiger partial charge >= 0.3 is 0 Å². The van der Waals surface area contributed by atoms with E-state index < -0.39 is 9.84 Å². The molecule has 0 amide bonds. The summed E-state index contributed by atoms with van der Waals surface area (Å²) in [5.41, 5.74) is 7.27. The maximum absolute atomic E-state index is 11.3. The summed E-state index contributed by atoms with van der Waals surface area (Å²) < 4.78 is 22.7. The summed E-state index contributed by atoms with van der Waals surface area (Å²) in [6.07, 6.45) is 2.90. The number of hydrogen-bond acceptors (Lipinski definition) is 3. The van der Waals surface area contributed by atoms with Gasteiger partial charge in [0, 0.05) is 12.8 Å². The predicted octanol–water partition coefficient (Wildman–Crippen LogP) is 1.44. The Kier molecular flexibility index (Phi) is 8.47. The molecule has 0 aliphatic rings. The van der Waals surface area contributed by atoms with Crippen molar-refractivity contribution in [1.29, 1.82) is 0 Å². The Balaban J connectivity index is 0.00000361. The van der Waals surface area contributed by atoms with Crippen molar-refractivity contribution in [1.82, 2.24) is 5.32 Å². The highest BCUT2D eigenvalue weighted by Gasteiger charge is 2.08. The number of guanidine groups is 1. The molecule has 0 saturated heterocycles. The van der Waals surface area contributed by atoms with E-state index in [1.54, 1.807) is 12.1 Å². The summed E-state index contributed by atoms with van der Waals surface area (Å²) in [7, 11) is -3.06. The van der Waals surface area contributed by atoms with Crippen molar-refractivity contribution in [2.45, 2.75) is 12.3 Å². The zero-order chi connectivity index (χ0) is 14.3. The number of nitrogens with zero attached hydrogens (tertiary/aromatic N) is 1. The predicted molar refractivity (Wildman–Crippen MR) is 93.9 cm³/mol. The summed E-state index contributed by atoms with van der Waals surface area (Å²) in [5, 5.41) is 2.86. The van der Waals surface area contributed by atoms with E-state index in [4.69, 9.17) is 5.73 Å². The lowest BCUT2D eigenvalue weighted by atomic mass is 10.1. The largest absolute Gasteiger partial charge is 0.370 e. The molecule has 0 bridgehead atoms. The molecule has 0 spiro atoms. The van der Waals surface area contributed by atoms with Crippen molar-refractivity contribution in [2.24, 2.45) is 10.7 Å². The second-order valence-corrected chi connectivity index (χ2v) is 6.35. The third kappa shape index (κ3) is 7.49. The smallest absolute Gasteiger partial charge is 0.189 e. The third-order valence-electron chi connectivity index (χ3n) is 2.38. The van der Waals surface area contributed by atoms with Crippen LogP contribution in [-0.2, 0) is 22.1 Å². The highest BCUT2D eigenvalue weighted by molar-refractivity contribution is 14.0. The molecular formula is C13H20IN3O2S. The summed E-state index contributed by atoms with van der Waals surface area (Å²) in [5.74, 6) is 0.327. The van der Waals surface area contributed by atoms with E-state index in [1.165, 1.54) is 6.26 Å². The minimum absolute atomic E-state index is 0. The van der Waals surface area contributed by atoms with E-state index >= 15 is 0 Å². The standard InChI is InChI=1S/C13H19N3O2S.HI/c1-3-8-15-13(14)16-9-11-6-4-5-7-12(11)10-19(2,17)18;/h3-7H,1,8-10H2,2H3,(H3,14,15,16);1H. The summed E-state index contributed by atoms with van der Waals surface area (Å²) >= 11 is 0. The minimum Gasteiger partial charge on any atom is -0.370 e. The van der Waals surface area contributed by atoms with Crippen molar-refractivity contribution < 1.29 is 8.42 Å². The molecule has 0 atom stereocenters. The molecule has 0 aliphatic heterocycles. The van der Waals surface area contributed by atoms with Gasteiger partial charge in [0.15, 0.2) is 15.8 Å². The van der Waals surface area contributed by atoms with Gasteiger partial charge in [-0.2, -0.15) is 0 Å². The molecule has 0 radical (unpaired) electrons. The van der Waals surface area contributed by atoms with Crippen LogP contribution in [-0.4, -0.2) is 27.2 Å². The van der Waals surface area contributed by atoms with Crippen LogP contribution in [0.15, 0.2) is 41.9 Å². The SMILES string of the molecule is C=CCNC(N)=NCc1ccccc1CS(C)(=O)=O.I. The van der Waals surface area contributed by atoms with Gasteiger partial charge in [0.25, 0.3) is 0 Å². The van der Waals surface area contributed by atoms with E-state index in [0.717, 1.165) is 11.1 Å². The fourth-order valence-corrected chi connectivity index (χ4v) is 2.38. The molecule has 0 unspecified atom stereocenters. The molecule has 0 aromatic heterocycles. The lowest BCUT2D eigenvalue weighted by Crippen LogP contribution is -2.31. The zero-order valence-electron chi connectivity index (χ0n) is 11.4. The topological polar surface area (TPSA) is 84.5 Å². The number of rotatable bonds is 6. The zero-order valence-corrected chi connectivity index (χ0v) is 14.5. The third-order valence-corrected chi connectivity index (χ3v) is 3.22. The minimum atomic E-state index is -3.06. The number of aliphatic imine (C=N–C) groups is 1. The number of nitrogens with one attached hydrogen (secondary N) is 1. The molecule has 0 saturated carbocycles. The first-order valence-corrected chi connectivity index (χ1v) is 7.87. The van der Waals surface area contributed by atoms with Gasteiger partial charge in [-0.3, -0.25) is 0 Å². The van der Waals surface area contributed by atoms with E-state index in [2.05, 4.69) is 16.9 Å². The Morgan fingerprint density at radius 3 is 2.55 bits per heavy atom. The first kappa shape index (κ1) is 18.9. The van der Waals surface area contributed by atoms with E-state index in [1.807, 2.05) is 18.2 Å². The van der Waals surface area contributed by atoms with Crippen LogP contribution in [0.3, 0.4) is 0 Å². The van der Waals surface area contributed by atoms with Crippen molar-refractivity contribution in [3.63, 3.8) is 0 Å². The normalized spacial score (nSPS) is 11.6. The Hall–Kier alpha value is -1.09. The van der Waals surface area contributed by atoms with Gasteiger partial charge in [-0.15, -0.1) is 30.6 Å². The monoisotopic (exact) mass is 409 g/mol. The molecule has 0 aliphatic carbocycles. The van der Waals surface area contributed by atoms with Crippen molar-refractivity contribution in [3.8, 4) is 0 Å². The quantitative estimate of drug-likeness (QED) is 0.322. The van der Waals surface area contributed by atoms with Crippen LogP contribution in [0.25, 0.3) is 0 Å². The summed E-state index contributed by atoms with van der Waals surface area (Å²) in [6, 6.07) is 7.31. The molecular weight excluding hydrogens is 389 g/mol. The highest BCUT2D eigenvalue weighted by atomic mass is 127. The van der Waals surface area contributed by atoms with Gasteiger partial charge in [-0.1, -0.05) is 30.3 Å². The van der Waals surface area contributed by atoms with E-state index in [-0.39, 0.29) is 29.7 Å². The first-order valence-electron chi connectivity index (χ1n) is 5.81. The van der Waals surface area contributed by atoms with Gasteiger partial charge in [0.1, 0.15) is 0 Å². The fourth-order valence-electron chi connectivity index (χ4n) is 1.54. The fraction of sp³-hybridized carbons (Fsp3) is 0.308. The van der Waals surface area contributed by atoms with E-state index in [9.17, 15) is 8.42 Å². The first-order chi connectivity index (χ1) is 8.92. The van der Waals surface area contributed by atoms with Crippen molar-refractivity contribution in [3.05, 3.63) is 48.0 Å². The van der Waals surface area contributed by atoms with Crippen LogP contribution in [0, 0.1) is 0 Å². The number of benzene rings is 1. The Morgan fingerprint density at radius 1 is 1.40 bits per heavy atom. The number of halogens is 1. The number of sulfone groups is 1. The maximum Gasteiger partial charge on any atom is 0.189 e. The lowest BCUT2D eigenvalue weighted by Gasteiger charge is -2.07. The van der Waals surface area contributed by atoms with E-state index in [0.29, 0.717) is 19.0 Å². The Morgan fingerprint density at radius 2 is 2.00 bits per heavy atom. The van der Waals surface area contributed by atoms with Crippen LogP contribution in [0.2, 0.25) is 0 Å². The van der Waals surface area contributed by atoms with Crippen molar-refractivity contribution >= 4 is 39.8 Å². The van der Waals surface area contributed by atoms with Gasteiger partial charge in [0.05, 0.1) is 12.3 Å². The van der Waals surface area contributed by atoms with Crippen LogP contribution in [0.5, 0.6) is 0 Å². The molecule has 3 N–H and O–H groups in total. The summed E-state index contributed by atoms with van der Waals surface area (Å²) in [4.78, 5) is 4.16. The molecule has 1 rings (SSSR count). The second kappa shape index (κ2) is 8.96. The Bertz CT molecular complexity index is 571. The van der Waals surface area contributed by atoms with Crippen LogP contribution < -0.4 is 11.1 Å². The molecule has 20 heavy (non-hydrogen) atoms. The average molecular weight is 409 g/mol. The number of hydrogen-bond donors (Lipinski definition) is 2. The second-order valence-electron chi connectivity index (χ2n) is 4.21.